The molecule has 0 saturated carbocycles. The highest BCUT2D eigenvalue weighted by Crippen LogP contribution is 2.33. The number of pyridine rings is 1. The molecule has 6 nitrogen and oxygen atoms in total. The summed E-state index contributed by atoms with van der Waals surface area (Å²) in [6, 6.07) is 8.04. The summed E-state index contributed by atoms with van der Waals surface area (Å²) in [6.45, 7) is 1.08. The lowest BCUT2D eigenvalue weighted by Gasteiger charge is -2.18. The molecule has 1 aromatic carbocycles. The van der Waals surface area contributed by atoms with Crippen LogP contribution in [0.1, 0.15) is 11.1 Å². The first-order valence-electron chi connectivity index (χ1n) is 7.96. The van der Waals surface area contributed by atoms with Crippen LogP contribution in [-0.4, -0.2) is 22.1 Å². The molecule has 3 N–H and O–H groups in total. The Balaban J connectivity index is 1.62. The van der Waals surface area contributed by atoms with E-state index < -0.39 is 0 Å². The quantitative estimate of drug-likeness (QED) is 0.762. The molecule has 0 saturated heterocycles. The third kappa shape index (κ3) is 2.41. The molecule has 0 radical (unpaired) electrons. The SMILES string of the molecule is Cn1ccc2cc3c(cc21)CCN3C(=O)Nc1cncc(CN)c1. The zero-order valence-electron chi connectivity index (χ0n) is 13.5. The van der Waals surface area contributed by atoms with Gasteiger partial charge in [-0.1, -0.05) is 0 Å². The van der Waals surface area contributed by atoms with E-state index in [1.165, 1.54) is 11.1 Å². The van der Waals surface area contributed by atoms with Gasteiger partial charge in [0.25, 0.3) is 0 Å². The molecule has 0 bridgehead atoms. The molecule has 0 spiro atoms. The highest BCUT2D eigenvalue weighted by atomic mass is 16.2. The van der Waals surface area contributed by atoms with Crippen molar-refractivity contribution < 1.29 is 4.79 Å². The number of urea groups is 1. The zero-order chi connectivity index (χ0) is 16.7. The van der Waals surface area contributed by atoms with Gasteiger partial charge in [-0.3, -0.25) is 9.88 Å². The Morgan fingerprint density at radius 1 is 1.33 bits per heavy atom. The molecule has 1 aliphatic heterocycles. The van der Waals surface area contributed by atoms with Crippen LogP contribution in [0, 0.1) is 0 Å². The van der Waals surface area contributed by atoms with E-state index in [2.05, 4.69) is 33.1 Å². The van der Waals surface area contributed by atoms with Crippen molar-refractivity contribution in [1.29, 1.82) is 0 Å². The van der Waals surface area contributed by atoms with Crippen molar-refractivity contribution in [3.63, 3.8) is 0 Å². The first-order valence-corrected chi connectivity index (χ1v) is 7.96. The number of fused-ring (bicyclic) bond motifs is 2. The average molecular weight is 321 g/mol. The summed E-state index contributed by atoms with van der Waals surface area (Å²) in [6.07, 6.45) is 6.24. The van der Waals surface area contributed by atoms with E-state index in [0.29, 0.717) is 18.8 Å². The van der Waals surface area contributed by atoms with E-state index in [0.717, 1.165) is 23.1 Å². The van der Waals surface area contributed by atoms with Crippen molar-refractivity contribution in [2.45, 2.75) is 13.0 Å². The van der Waals surface area contributed by atoms with Gasteiger partial charge < -0.3 is 15.6 Å². The lowest BCUT2D eigenvalue weighted by Crippen LogP contribution is -2.33. The van der Waals surface area contributed by atoms with Crippen LogP contribution in [0.25, 0.3) is 10.9 Å². The minimum absolute atomic E-state index is 0.139. The van der Waals surface area contributed by atoms with Crippen LogP contribution in [0.5, 0.6) is 0 Å². The Labute approximate surface area is 139 Å². The minimum Gasteiger partial charge on any atom is -0.351 e. The fourth-order valence-electron chi connectivity index (χ4n) is 3.22. The molecular weight excluding hydrogens is 302 g/mol. The maximum atomic E-state index is 12.7. The predicted molar refractivity (Wildman–Crippen MR) is 95.1 cm³/mol. The Morgan fingerprint density at radius 3 is 3.04 bits per heavy atom. The highest BCUT2D eigenvalue weighted by molar-refractivity contribution is 6.04. The second-order valence-corrected chi connectivity index (χ2v) is 6.08. The topological polar surface area (TPSA) is 76.2 Å². The van der Waals surface area contributed by atoms with Crippen LogP contribution >= 0.6 is 0 Å². The molecule has 0 atom stereocenters. The lowest BCUT2D eigenvalue weighted by atomic mass is 10.1. The number of carbonyl (C=O) groups is 1. The molecule has 0 aliphatic carbocycles. The first kappa shape index (κ1) is 14.7. The van der Waals surface area contributed by atoms with Crippen molar-refractivity contribution in [3.8, 4) is 0 Å². The van der Waals surface area contributed by atoms with E-state index >= 15 is 0 Å². The second kappa shape index (κ2) is 5.65. The summed E-state index contributed by atoms with van der Waals surface area (Å²) in [4.78, 5) is 18.6. The molecule has 3 aromatic rings. The molecule has 1 aliphatic rings. The maximum absolute atomic E-state index is 12.7. The molecular formula is C18H19N5O. The second-order valence-electron chi connectivity index (χ2n) is 6.08. The molecule has 0 fully saturated rings. The van der Waals surface area contributed by atoms with Crippen LogP contribution in [0.15, 0.2) is 42.9 Å². The molecule has 0 unspecified atom stereocenters. The van der Waals surface area contributed by atoms with Gasteiger partial charge in [0.2, 0.25) is 0 Å². The monoisotopic (exact) mass is 321 g/mol. The van der Waals surface area contributed by atoms with Gasteiger partial charge in [-0.05, 0) is 41.8 Å². The Hall–Kier alpha value is -2.86. The van der Waals surface area contributed by atoms with E-state index in [1.807, 2.05) is 19.3 Å². The largest absolute Gasteiger partial charge is 0.351 e. The zero-order valence-corrected chi connectivity index (χ0v) is 13.5. The average Bonchev–Trinajstić information content (AvgIpc) is 3.17. The molecule has 2 amide bonds. The standard InChI is InChI=1S/C18H19N5O/c1-22-4-2-13-8-17-14(7-16(13)22)3-5-23(17)18(24)21-15-6-12(9-19)10-20-11-15/h2,4,6-8,10-11H,3,5,9,19H2,1H3,(H,21,24). The van der Waals surface area contributed by atoms with Gasteiger partial charge in [0.05, 0.1) is 11.9 Å². The fourth-order valence-corrected chi connectivity index (χ4v) is 3.22. The van der Waals surface area contributed by atoms with Gasteiger partial charge in [-0.15, -0.1) is 0 Å². The number of aryl methyl sites for hydroxylation is 1. The van der Waals surface area contributed by atoms with Crippen molar-refractivity contribution in [2.24, 2.45) is 12.8 Å². The van der Waals surface area contributed by atoms with Crippen molar-refractivity contribution in [1.82, 2.24) is 9.55 Å². The molecule has 122 valence electrons. The summed E-state index contributed by atoms with van der Waals surface area (Å²) in [5.41, 5.74) is 10.6. The van der Waals surface area contributed by atoms with Gasteiger partial charge in [0, 0.05) is 49.1 Å². The molecule has 24 heavy (non-hydrogen) atoms. The van der Waals surface area contributed by atoms with Crippen LogP contribution < -0.4 is 16.0 Å². The van der Waals surface area contributed by atoms with Gasteiger partial charge in [0.15, 0.2) is 0 Å². The minimum atomic E-state index is -0.139. The van der Waals surface area contributed by atoms with Crippen molar-refractivity contribution in [3.05, 3.63) is 54.0 Å². The van der Waals surface area contributed by atoms with Crippen LogP contribution in [0.3, 0.4) is 0 Å². The third-order valence-electron chi connectivity index (χ3n) is 4.51. The number of nitrogens with zero attached hydrogens (tertiary/aromatic N) is 3. The van der Waals surface area contributed by atoms with Gasteiger partial charge >= 0.3 is 6.03 Å². The number of nitrogens with two attached hydrogens (primary N) is 1. The maximum Gasteiger partial charge on any atom is 0.326 e. The molecule has 6 heteroatoms. The summed E-state index contributed by atoms with van der Waals surface area (Å²) in [7, 11) is 2.03. The van der Waals surface area contributed by atoms with Gasteiger partial charge in [-0.25, -0.2) is 4.79 Å². The summed E-state index contributed by atoms with van der Waals surface area (Å²) in [5.74, 6) is 0. The van der Waals surface area contributed by atoms with Gasteiger partial charge in [0.1, 0.15) is 0 Å². The van der Waals surface area contributed by atoms with Crippen molar-refractivity contribution >= 4 is 28.3 Å². The number of hydrogen-bond donors (Lipinski definition) is 2. The molecule has 4 rings (SSSR count). The third-order valence-corrected chi connectivity index (χ3v) is 4.51. The van der Waals surface area contributed by atoms with Crippen LogP contribution in [0.2, 0.25) is 0 Å². The summed E-state index contributed by atoms with van der Waals surface area (Å²) in [5, 5.41) is 4.06. The number of anilines is 2. The predicted octanol–water partition coefficient (Wildman–Crippen LogP) is 2.63. The first-order chi connectivity index (χ1) is 11.7. The molecule has 2 aromatic heterocycles. The van der Waals surface area contributed by atoms with Crippen LogP contribution in [-0.2, 0) is 20.0 Å². The summed E-state index contributed by atoms with van der Waals surface area (Å²) < 4.78 is 2.10. The van der Waals surface area contributed by atoms with E-state index in [1.54, 1.807) is 17.3 Å². The Morgan fingerprint density at radius 2 is 2.21 bits per heavy atom. The number of amides is 2. The van der Waals surface area contributed by atoms with Crippen molar-refractivity contribution in [2.75, 3.05) is 16.8 Å². The summed E-state index contributed by atoms with van der Waals surface area (Å²) >= 11 is 0. The van der Waals surface area contributed by atoms with E-state index in [-0.39, 0.29) is 6.03 Å². The normalized spacial score (nSPS) is 13.3. The van der Waals surface area contributed by atoms with E-state index in [4.69, 9.17) is 5.73 Å². The Bertz CT molecular complexity index is 930. The van der Waals surface area contributed by atoms with Crippen LogP contribution in [0.4, 0.5) is 16.2 Å². The number of rotatable bonds is 2. The van der Waals surface area contributed by atoms with Gasteiger partial charge in [-0.2, -0.15) is 0 Å². The molecule has 3 heterocycles. The fraction of sp³-hybridized carbons (Fsp3) is 0.222. The number of benzene rings is 1. The smallest absolute Gasteiger partial charge is 0.326 e. The highest BCUT2D eigenvalue weighted by Gasteiger charge is 2.25. The Kier molecular flexibility index (Phi) is 3.46. The number of nitrogens with one attached hydrogen (secondary N) is 1. The van der Waals surface area contributed by atoms with E-state index in [9.17, 15) is 4.79 Å². The number of hydrogen-bond acceptors (Lipinski definition) is 3. The number of aromatic nitrogens is 2. The number of carbonyl (C=O) groups excluding carboxylic acids is 1. The lowest BCUT2D eigenvalue weighted by molar-refractivity contribution is 0.257.